The molecular formula is C18H21ClF3N3O3. The number of rotatable bonds is 7. The van der Waals surface area contributed by atoms with Gasteiger partial charge in [0.15, 0.2) is 0 Å². The highest BCUT2D eigenvalue weighted by Gasteiger charge is 2.34. The first-order valence-electron chi connectivity index (χ1n) is 8.47. The zero-order valence-electron chi connectivity index (χ0n) is 15.3. The Morgan fingerprint density at radius 1 is 1.32 bits per heavy atom. The van der Waals surface area contributed by atoms with Crippen LogP contribution in [-0.2, 0) is 15.8 Å². The number of nitrogens with one attached hydrogen (secondary N) is 1. The molecule has 0 unspecified atom stereocenters. The Morgan fingerprint density at radius 2 is 1.96 bits per heavy atom. The lowest BCUT2D eigenvalue weighted by molar-refractivity contribution is -0.137. The molecule has 28 heavy (non-hydrogen) atoms. The Hall–Kier alpha value is -2.26. The van der Waals surface area contributed by atoms with Crippen LogP contribution >= 0.6 is 11.6 Å². The van der Waals surface area contributed by atoms with Gasteiger partial charge in [0.2, 0.25) is 5.91 Å². The number of carbonyl (C=O) groups excluding carboxylic acids is 2. The van der Waals surface area contributed by atoms with Crippen LogP contribution in [0.15, 0.2) is 24.3 Å². The Bertz CT molecular complexity index is 748. The number of benzene rings is 1. The van der Waals surface area contributed by atoms with Gasteiger partial charge in [0.1, 0.15) is 12.0 Å². The van der Waals surface area contributed by atoms with Gasteiger partial charge in [-0.3, -0.25) is 14.5 Å². The van der Waals surface area contributed by atoms with E-state index in [0.717, 1.165) is 12.1 Å². The number of anilines is 1. The Labute approximate surface area is 165 Å². The lowest BCUT2D eigenvalue weighted by Crippen LogP contribution is -2.50. The summed E-state index contributed by atoms with van der Waals surface area (Å²) in [6.07, 6.45) is -3.91. The second-order valence-corrected chi connectivity index (χ2v) is 6.72. The summed E-state index contributed by atoms with van der Waals surface area (Å²) in [5.74, 6) is -0.137. The molecular weight excluding hydrogens is 399 g/mol. The van der Waals surface area contributed by atoms with Gasteiger partial charge >= 0.3 is 6.18 Å². The van der Waals surface area contributed by atoms with E-state index >= 15 is 0 Å². The molecule has 154 valence electrons. The van der Waals surface area contributed by atoms with Crippen LogP contribution in [0, 0.1) is 0 Å². The monoisotopic (exact) mass is 419 g/mol. The van der Waals surface area contributed by atoms with Crippen LogP contribution in [0.2, 0.25) is 5.02 Å². The molecule has 0 atom stereocenters. The van der Waals surface area contributed by atoms with E-state index in [1.807, 2.05) is 4.90 Å². The maximum Gasteiger partial charge on any atom is 0.417 e. The number of methoxy groups -OCH3 is 1. The zero-order chi connectivity index (χ0) is 20.9. The maximum atomic E-state index is 13.0. The van der Waals surface area contributed by atoms with Crippen molar-refractivity contribution in [2.45, 2.75) is 6.18 Å². The smallest absolute Gasteiger partial charge is 0.417 e. The number of amides is 1. The summed E-state index contributed by atoms with van der Waals surface area (Å²) < 4.78 is 44.2. The second kappa shape index (κ2) is 9.29. The third-order valence-corrected chi connectivity index (χ3v) is 4.66. The van der Waals surface area contributed by atoms with Crippen molar-refractivity contribution in [3.63, 3.8) is 0 Å². The fourth-order valence-corrected chi connectivity index (χ4v) is 3.10. The summed E-state index contributed by atoms with van der Waals surface area (Å²) in [6, 6.07) is 1.90. The molecule has 1 saturated heterocycles. The first-order chi connectivity index (χ1) is 13.2. The number of carbonyl (C=O) groups is 2. The Morgan fingerprint density at radius 3 is 2.50 bits per heavy atom. The van der Waals surface area contributed by atoms with Crippen LogP contribution < -0.4 is 10.1 Å². The van der Waals surface area contributed by atoms with Gasteiger partial charge in [0.05, 0.1) is 29.9 Å². The summed E-state index contributed by atoms with van der Waals surface area (Å²) in [4.78, 5) is 26.6. The summed E-state index contributed by atoms with van der Waals surface area (Å²) in [7, 11) is 1.30. The van der Waals surface area contributed by atoms with E-state index in [1.165, 1.54) is 7.11 Å². The molecule has 10 heteroatoms. The van der Waals surface area contributed by atoms with Crippen LogP contribution in [0.5, 0.6) is 5.75 Å². The molecule has 1 aliphatic rings. The zero-order valence-corrected chi connectivity index (χ0v) is 16.1. The van der Waals surface area contributed by atoms with E-state index in [1.54, 1.807) is 4.90 Å². The summed E-state index contributed by atoms with van der Waals surface area (Å²) in [5.41, 5.74) is -0.501. The van der Waals surface area contributed by atoms with E-state index in [2.05, 4.69) is 11.9 Å². The highest BCUT2D eigenvalue weighted by Crippen LogP contribution is 2.40. The van der Waals surface area contributed by atoms with Crippen molar-refractivity contribution in [3.8, 4) is 5.75 Å². The third kappa shape index (κ3) is 5.62. The summed E-state index contributed by atoms with van der Waals surface area (Å²) in [5, 5.41) is 2.23. The van der Waals surface area contributed by atoms with E-state index < -0.39 is 16.8 Å². The van der Waals surface area contributed by atoms with Gasteiger partial charge in [0.25, 0.3) is 0 Å². The lowest BCUT2D eigenvalue weighted by Gasteiger charge is -2.34. The topological polar surface area (TPSA) is 61.9 Å². The van der Waals surface area contributed by atoms with Gasteiger partial charge in [-0.1, -0.05) is 18.2 Å². The molecule has 1 aromatic rings. The average Bonchev–Trinajstić information content (AvgIpc) is 2.65. The molecule has 6 nitrogen and oxygen atoms in total. The summed E-state index contributed by atoms with van der Waals surface area (Å²) in [6.45, 7) is 5.98. The van der Waals surface area contributed by atoms with E-state index in [4.69, 9.17) is 16.3 Å². The molecule has 0 saturated carbocycles. The summed E-state index contributed by atoms with van der Waals surface area (Å²) >= 11 is 5.67. The van der Waals surface area contributed by atoms with Gasteiger partial charge in [-0.25, -0.2) is 0 Å². The highest BCUT2D eigenvalue weighted by molar-refractivity contribution is 6.31. The largest absolute Gasteiger partial charge is 0.495 e. The van der Waals surface area contributed by atoms with Crippen LogP contribution in [0.3, 0.4) is 0 Å². The highest BCUT2D eigenvalue weighted by atomic mass is 35.5. The molecule has 1 heterocycles. The third-order valence-electron chi connectivity index (χ3n) is 4.34. The minimum absolute atomic E-state index is 0.0356. The van der Waals surface area contributed by atoms with Crippen molar-refractivity contribution < 1.29 is 27.5 Å². The van der Waals surface area contributed by atoms with Crippen LogP contribution in [0.25, 0.3) is 0 Å². The second-order valence-electron chi connectivity index (χ2n) is 6.32. The van der Waals surface area contributed by atoms with Gasteiger partial charge in [-0.2, -0.15) is 13.2 Å². The molecule has 0 bridgehead atoms. The standard InChI is InChI=1S/C18H21ClF3N3O3/c1-12(11-26)10-24-3-5-25(6-4-24)17(27)9-23-15-7-13(18(20,21)22)14(19)8-16(15)28-2/h7-8,11,23H,1,3-6,9-10H2,2H3. The van der Waals surface area contributed by atoms with Gasteiger partial charge < -0.3 is 15.0 Å². The molecule has 0 radical (unpaired) electrons. The molecule has 2 rings (SSSR count). The van der Waals surface area contributed by atoms with Gasteiger partial charge in [0, 0.05) is 38.8 Å². The number of piperazine rings is 1. The van der Waals surface area contributed by atoms with Gasteiger partial charge in [-0.05, 0) is 11.6 Å². The number of hydrogen-bond donors (Lipinski definition) is 1. The van der Waals surface area contributed by atoms with E-state index in [0.29, 0.717) is 44.6 Å². The van der Waals surface area contributed by atoms with Crippen molar-refractivity contribution in [1.29, 1.82) is 0 Å². The van der Waals surface area contributed by atoms with Crippen LogP contribution in [-0.4, -0.2) is 68.4 Å². The molecule has 0 aliphatic carbocycles. The predicted octanol–water partition coefficient (Wildman–Crippen LogP) is 2.68. The molecule has 1 N–H and O–H groups in total. The molecule has 1 aliphatic heterocycles. The number of hydrogen-bond acceptors (Lipinski definition) is 5. The van der Waals surface area contributed by atoms with Crippen LogP contribution in [0.1, 0.15) is 5.56 Å². The lowest BCUT2D eigenvalue weighted by atomic mass is 10.1. The Kier molecular flexibility index (Phi) is 7.31. The van der Waals surface area contributed by atoms with Crippen molar-refractivity contribution in [2.24, 2.45) is 0 Å². The fourth-order valence-electron chi connectivity index (χ4n) is 2.84. The Balaban J connectivity index is 1.98. The van der Waals surface area contributed by atoms with Gasteiger partial charge in [-0.15, -0.1) is 0 Å². The first kappa shape index (κ1) is 22.0. The number of nitrogens with zero attached hydrogens (tertiary/aromatic N) is 2. The number of aldehydes is 1. The quantitative estimate of drug-likeness (QED) is 0.544. The number of ether oxygens (including phenoxy) is 1. The molecule has 1 amide bonds. The number of halogens is 4. The maximum absolute atomic E-state index is 13.0. The number of alkyl halides is 3. The minimum atomic E-state index is -4.62. The van der Waals surface area contributed by atoms with E-state index in [9.17, 15) is 22.8 Å². The van der Waals surface area contributed by atoms with Crippen molar-refractivity contribution in [2.75, 3.05) is 51.7 Å². The van der Waals surface area contributed by atoms with E-state index in [-0.39, 0.29) is 23.9 Å². The molecule has 0 spiro atoms. The van der Waals surface area contributed by atoms with Crippen LogP contribution in [0.4, 0.5) is 18.9 Å². The van der Waals surface area contributed by atoms with Crippen molar-refractivity contribution in [3.05, 3.63) is 34.9 Å². The average molecular weight is 420 g/mol. The van der Waals surface area contributed by atoms with Crippen molar-refractivity contribution in [1.82, 2.24) is 9.80 Å². The van der Waals surface area contributed by atoms with Crippen molar-refractivity contribution >= 4 is 29.5 Å². The minimum Gasteiger partial charge on any atom is -0.495 e. The first-order valence-corrected chi connectivity index (χ1v) is 8.85. The molecule has 0 aromatic heterocycles. The molecule has 1 aromatic carbocycles. The predicted molar refractivity (Wildman–Crippen MR) is 99.7 cm³/mol. The SMILES string of the molecule is C=C(C=O)CN1CCN(C(=O)CNc2cc(C(F)(F)F)c(Cl)cc2OC)CC1. The normalized spacial score (nSPS) is 15.2. The fraction of sp³-hybridized carbons (Fsp3) is 0.444. The molecule has 1 fully saturated rings.